The molecule has 0 saturated heterocycles. The van der Waals surface area contributed by atoms with Crippen molar-refractivity contribution < 1.29 is 9.18 Å². The van der Waals surface area contributed by atoms with Crippen LogP contribution in [-0.2, 0) is 4.79 Å². The highest BCUT2D eigenvalue weighted by Crippen LogP contribution is 2.33. The van der Waals surface area contributed by atoms with Crippen LogP contribution in [0, 0.1) is 11.7 Å². The molecule has 1 aliphatic carbocycles. The maximum atomic E-state index is 13.8. The van der Waals surface area contributed by atoms with E-state index in [9.17, 15) is 9.18 Å². The van der Waals surface area contributed by atoms with E-state index in [0.717, 1.165) is 12.8 Å². The van der Waals surface area contributed by atoms with Gasteiger partial charge in [-0.3, -0.25) is 4.79 Å². The summed E-state index contributed by atoms with van der Waals surface area (Å²) in [6, 6.07) is 4.10. The fraction of sp³-hybridized carbons (Fsp3) is 0.385. The lowest BCUT2D eigenvalue weighted by atomic mass is 10.1. The predicted molar refractivity (Wildman–Crippen MR) is 73.1 cm³/mol. The maximum Gasteiger partial charge on any atom is 0.226 e. The van der Waals surface area contributed by atoms with E-state index in [0.29, 0.717) is 11.6 Å². The lowest BCUT2D eigenvalue weighted by Crippen LogP contribution is -2.29. The average molecular weight is 290 g/mol. The number of aromatic nitrogens is 4. The number of rotatable bonds is 5. The van der Waals surface area contributed by atoms with Crippen LogP contribution in [0.4, 0.5) is 10.1 Å². The fourth-order valence-corrected chi connectivity index (χ4v) is 2.14. The van der Waals surface area contributed by atoms with Crippen LogP contribution in [-0.4, -0.2) is 32.2 Å². The first-order valence-electron chi connectivity index (χ1n) is 6.72. The molecule has 1 unspecified atom stereocenters. The number of halogens is 1. The number of benzene rings is 1. The van der Waals surface area contributed by atoms with Crippen LogP contribution in [0.25, 0.3) is 5.69 Å². The molecule has 0 spiro atoms. The van der Waals surface area contributed by atoms with Gasteiger partial charge in [0.15, 0.2) is 0 Å². The van der Waals surface area contributed by atoms with Gasteiger partial charge < -0.3 is 11.1 Å². The largest absolute Gasteiger partial charge is 0.327 e. The third-order valence-corrected chi connectivity index (χ3v) is 3.49. The van der Waals surface area contributed by atoms with Crippen LogP contribution >= 0.6 is 0 Å². The average Bonchev–Trinajstić information content (AvgIpc) is 3.17. The van der Waals surface area contributed by atoms with Gasteiger partial charge in [-0.25, -0.2) is 9.07 Å². The summed E-state index contributed by atoms with van der Waals surface area (Å²) in [4.78, 5) is 11.9. The standard InChI is InChI=1S/C13H15FN6O/c14-10-4-3-9(20-7-16-18-19-20)5-12(10)17-13(21)6-11(15)8-1-2-8/h3-5,7-8,11H,1-2,6,15H2,(H,17,21). The summed E-state index contributed by atoms with van der Waals surface area (Å²) in [5, 5.41) is 13.3. The van der Waals surface area contributed by atoms with Crippen LogP contribution in [0.5, 0.6) is 0 Å². The summed E-state index contributed by atoms with van der Waals surface area (Å²) in [5.41, 5.74) is 6.55. The molecular formula is C13H15FN6O. The Bertz CT molecular complexity index is 640. The Morgan fingerprint density at radius 3 is 3.00 bits per heavy atom. The Hall–Kier alpha value is -2.35. The van der Waals surface area contributed by atoms with Crippen molar-refractivity contribution in [1.29, 1.82) is 0 Å². The van der Waals surface area contributed by atoms with Crippen LogP contribution in [0.3, 0.4) is 0 Å². The second kappa shape index (κ2) is 5.57. The Balaban J connectivity index is 1.71. The van der Waals surface area contributed by atoms with Gasteiger partial charge in [0.05, 0.1) is 11.4 Å². The van der Waals surface area contributed by atoms with Gasteiger partial charge >= 0.3 is 0 Å². The molecule has 0 aliphatic heterocycles. The molecule has 1 aliphatic rings. The third kappa shape index (κ3) is 3.22. The van der Waals surface area contributed by atoms with Crippen molar-refractivity contribution in [1.82, 2.24) is 20.2 Å². The smallest absolute Gasteiger partial charge is 0.226 e. The number of nitrogens with two attached hydrogens (primary N) is 1. The van der Waals surface area contributed by atoms with Gasteiger partial charge in [0.25, 0.3) is 0 Å². The number of hydrogen-bond donors (Lipinski definition) is 2. The molecule has 1 aromatic heterocycles. The molecule has 0 bridgehead atoms. The number of tetrazole rings is 1. The van der Waals surface area contributed by atoms with E-state index in [4.69, 9.17) is 5.73 Å². The van der Waals surface area contributed by atoms with E-state index < -0.39 is 5.82 Å². The second-order valence-corrected chi connectivity index (χ2v) is 5.17. The Kier molecular flexibility index (Phi) is 3.61. The molecule has 1 amide bonds. The van der Waals surface area contributed by atoms with Crippen molar-refractivity contribution in [3.8, 4) is 5.69 Å². The van der Waals surface area contributed by atoms with Crippen molar-refractivity contribution in [3.05, 3.63) is 30.3 Å². The second-order valence-electron chi connectivity index (χ2n) is 5.17. The summed E-state index contributed by atoms with van der Waals surface area (Å²) in [7, 11) is 0. The first-order valence-corrected chi connectivity index (χ1v) is 6.72. The van der Waals surface area contributed by atoms with Crippen molar-refractivity contribution >= 4 is 11.6 Å². The molecule has 7 nitrogen and oxygen atoms in total. The molecule has 1 fully saturated rings. The van der Waals surface area contributed by atoms with Gasteiger partial charge in [0.1, 0.15) is 12.1 Å². The van der Waals surface area contributed by atoms with E-state index in [-0.39, 0.29) is 24.1 Å². The van der Waals surface area contributed by atoms with E-state index >= 15 is 0 Å². The van der Waals surface area contributed by atoms with E-state index in [1.54, 1.807) is 0 Å². The topological polar surface area (TPSA) is 98.7 Å². The normalized spacial score (nSPS) is 15.7. The predicted octanol–water partition coefficient (Wildman–Crippen LogP) is 0.867. The van der Waals surface area contributed by atoms with Gasteiger partial charge in [0.2, 0.25) is 5.91 Å². The molecule has 3 rings (SSSR count). The molecule has 1 atom stereocenters. The molecule has 1 saturated carbocycles. The molecule has 21 heavy (non-hydrogen) atoms. The molecule has 1 aromatic carbocycles. The molecular weight excluding hydrogens is 275 g/mol. The van der Waals surface area contributed by atoms with E-state index in [1.807, 2.05) is 0 Å². The van der Waals surface area contributed by atoms with Crippen molar-refractivity contribution in [2.24, 2.45) is 11.7 Å². The zero-order valence-electron chi connectivity index (χ0n) is 11.2. The molecule has 110 valence electrons. The lowest BCUT2D eigenvalue weighted by molar-refractivity contribution is -0.116. The van der Waals surface area contributed by atoms with E-state index in [2.05, 4.69) is 20.8 Å². The number of amides is 1. The third-order valence-electron chi connectivity index (χ3n) is 3.49. The number of carbonyl (C=O) groups is 1. The summed E-state index contributed by atoms with van der Waals surface area (Å²) in [6.07, 6.45) is 3.72. The molecule has 2 aromatic rings. The number of anilines is 1. The first-order chi connectivity index (χ1) is 10.1. The SMILES string of the molecule is NC(CC(=O)Nc1cc(-n2cnnn2)ccc1F)C1CC1. The molecule has 8 heteroatoms. The van der Waals surface area contributed by atoms with Crippen LogP contribution in [0.15, 0.2) is 24.5 Å². The quantitative estimate of drug-likeness (QED) is 0.851. The number of carbonyl (C=O) groups excluding carboxylic acids is 1. The summed E-state index contributed by atoms with van der Waals surface area (Å²) in [6.45, 7) is 0. The fourth-order valence-electron chi connectivity index (χ4n) is 2.14. The number of hydrogen-bond acceptors (Lipinski definition) is 5. The minimum atomic E-state index is -0.514. The van der Waals surface area contributed by atoms with Gasteiger partial charge in [-0.05, 0) is 47.4 Å². The molecule has 3 N–H and O–H groups in total. The highest BCUT2D eigenvalue weighted by molar-refractivity contribution is 5.91. The number of nitrogens with one attached hydrogen (secondary N) is 1. The Morgan fingerprint density at radius 1 is 1.52 bits per heavy atom. The zero-order valence-corrected chi connectivity index (χ0v) is 11.2. The highest BCUT2D eigenvalue weighted by atomic mass is 19.1. The van der Waals surface area contributed by atoms with Crippen molar-refractivity contribution in [2.75, 3.05) is 5.32 Å². The van der Waals surface area contributed by atoms with Gasteiger partial charge in [0, 0.05) is 12.5 Å². The minimum absolute atomic E-state index is 0.0935. The highest BCUT2D eigenvalue weighted by Gasteiger charge is 2.29. The van der Waals surface area contributed by atoms with Gasteiger partial charge in [-0.1, -0.05) is 0 Å². The van der Waals surface area contributed by atoms with Gasteiger partial charge in [-0.2, -0.15) is 0 Å². The van der Waals surface area contributed by atoms with Crippen LogP contribution in [0.2, 0.25) is 0 Å². The van der Waals surface area contributed by atoms with Crippen molar-refractivity contribution in [2.45, 2.75) is 25.3 Å². The van der Waals surface area contributed by atoms with Gasteiger partial charge in [-0.15, -0.1) is 5.10 Å². The zero-order chi connectivity index (χ0) is 14.8. The summed E-state index contributed by atoms with van der Waals surface area (Å²) in [5.74, 6) is -0.379. The Morgan fingerprint density at radius 2 is 2.33 bits per heavy atom. The molecule has 0 radical (unpaired) electrons. The van der Waals surface area contributed by atoms with E-state index in [1.165, 1.54) is 29.2 Å². The minimum Gasteiger partial charge on any atom is -0.327 e. The Labute approximate surface area is 120 Å². The van der Waals surface area contributed by atoms with Crippen LogP contribution < -0.4 is 11.1 Å². The van der Waals surface area contributed by atoms with Crippen LogP contribution in [0.1, 0.15) is 19.3 Å². The molecule has 1 heterocycles. The monoisotopic (exact) mass is 290 g/mol. The lowest BCUT2D eigenvalue weighted by Gasteiger charge is -2.12. The summed E-state index contributed by atoms with van der Waals surface area (Å²) >= 11 is 0. The number of nitrogens with zero attached hydrogens (tertiary/aromatic N) is 4. The summed E-state index contributed by atoms with van der Waals surface area (Å²) < 4.78 is 15.2. The first kappa shape index (κ1) is 13.6. The van der Waals surface area contributed by atoms with Crippen molar-refractivity contribution in [3.63, 3.8) is 0 Å². The maximum absolute atomic E-state index is 13.8.